The second-order valence-electron chi connectivity index (χ2n) is 3.55. The van der Waals surface area contributed by atoms with Crippen LogP contribution in [0, 0.1) is 6.92 Å². The van der Waals surface area contributed by atoms with Crippen molar-refractivity contribution in [1.82, 2.24) is 10.3 Å². The van der Waals surface area contributed by atoms with Crippen LogP contribution in [0.2, 0.25) is 0 Å². The van der Waals surface area contributed by atoms with Crippen molar-refractivity contribution in [3.63, 3.8) is 0 Å². The maximum absolute atomic E-state index is 11.3. The van der Waals surface area contributed by atoms with Gasteiger partial charge in [-0.1, -0.05) is 0 Å². The quantitative estimate of drug-likeness (QED) is 0.759. The number of aryl methyl sites for hydroxylation is 1. The highest BCUT2D eigenvalue weighted by molar-refractivity contribution is 7.15. The lowest BCUT2D eigenvalue weighted by Crippen LogP contribution is -2.24. The van der Waals surface area contributed by atoms with Crippen molar-refractivity contribution in [2.75, 3.05) is 25.5 Å². The molecule has 2 N–H and O–H groups in total. The van der Waals surface area contributed by atoms with E-state index in [0.29, 0.717) is 30.3 Å². The maximum atomic E-state index is 11.3. The number of ether oxygens (including phenoxy) is 1. The van der Waals surface area contributed by atoms with Crippen molar-refractivity contribution in [3.05, 3.63) is 10.6 Å². The van der Waals surface area contributed by atoms with Crippen LogP contribution in [0.3, 0.4) is 0 Å². The topological polar surface area (TPSA) is 80.3 Å². The summed E-state index contributed by atoms with van der Waals surface area (Å²) in [6.45, 7) is 4.79. The minimum Gasteiger partial charge on any atom is -0.464 e. The van der Waals surface area contributed by atoms with E-state index in [0.717, 1.165) is 4.88 Å². The highest BCUT2D eigenvalue weighted by Crippen LogP contribution is 2.22. The van der Waals surface area contributed by atoms with Gasteiger partial charge in [-0.3, -0.25) is 4.79 Å². The molecule has 1 heterocycles. The number of rotatable bonds is 6. The van der Waals surface area contributed by atoms with Gasteiger partial charge in [0.1, 0.15) is 0 Å². The molecule has 0 aliphatic heterocycles. The van der Waals surface area contributed by atoms with Crippen LogP contribution >= 0.6 is 11.3 Å². The van der Waals surface area contributed by atoms with Crippen LogP contribution in [-0.4, -0.2) is 37.1 Å². The van der Waals surface area contributed by atoms with Crippen LogP contribution in [0.4, 0.5) is 5.13 Å². The number of esters is 1. The lowest BCUT2D eigenvalue weighted by molar-refractivity contribution is -0.120. The molecule has 1 rings (SSSR count). The fraction of sp³-hybridized carbons (Fsp3) is 0.545. The van der Waals surface area contributed by atoms with Crippen molar-refractivity contribution in [1.29, 1.82) is 0 Å². The average Bonchev–Trinajstić information content (AvgIpc) is 2.70. The standard InChI is InChI=1S/C11H17N3O3S/c1-4-12-8(15)5-6-13-11-14-9(7(2)18-11)10(16)17-3/h4-6H2,1-3H3,(H,12,15)(H,13,14). The summed E-state index contributed by atoms with van der Waals surface area (Å²) in [6.07, 6.45) is 0.375. The largest absolute Gasteiger partial charge is 0.464 e. The SMILES string of the molecule is CCNC(=O)CCNc1nc(C(=O)OC)c(C)s1. The number of amides is 1. The fourth-order valence-electron chi connectivity index (χ4n) is 1.33. The van der Waals surface area contributed by atoms with Crippen molar-refractivity contribution < 1.29 is 14.3 Å². The molecule has 100 valence electrons. The Morgan fingerprint density at radius 1 is 1.44 bits per heavy atom. The van der Waals surface area contributed by atoms with E-state index in [4.69, 9.17) is 0 Å². The Kier molecular flexibility index (Phi) is 5.57. The second kappa shape index (κ2) is 6.95. The van der Waals surface area contributed by atoms with E-state index in [9.17, 15) is 9.59 Å². The van der Waals surface area contributed by atoms with E-state index in [2.05, 4.69) is 20.4 Å². The molecule has 0 atom stereocenters. The molecule has 6 nitrogen and oxygen atoms in total. The number of nitrogens with zero attached hydrogens (tertiary/aromatic N) is 1. The number of carbonyl (C=O) groups is 2. The molecule has 1 aromatic rings. The number of nitrogens with one attached hydrogen (secondary N) is 2. The molecule has 7 heteroatoms. The van der Waals surface area contributed by atoms with Gasteiger partial charge in [-0.15, -0.1) is 11.3 Å². The Hall–Kier alpha value is -1.63. The highest BCUT2D eigenvalue weighted by Gasteiger charge is 2.15. The zero-order chi connectivity index (χ0) is 13.5. The zero-order valence-electron chi connectivity index (χ0n) is 10.7. The third kappa shape index (κ3) is 3.99. The van der Waals surface area contributed by atoms with Crippen LogP contribution in [0.25, 0.3) is 0 Å². The molecule has 1 amide bonds. The Labute approximate surface area is 110 Å². The van der Waals surface area contributed by atoms with Crippen LogP contribution in [0.5, 0.6) is 0 Å². The molecule has 0 aliphatic carbocycles. The molecule has 0 saturated heterocycles. The van der Waals surface area contributed by atoms with Crippen LogP contribution < -0.4 is 10.6 Å². The van der Waals surface area contributed by atoms with Crippen LogP contribution in [0.15, 0.2) is 0 Å². The Morgan fingerprint density at radius 2 is 2.17 bits per heavy atom. The Morgan fingerprint density at radius 3 is 2.78 bits per heavy atom. The molecule has 0 bridgehead atoms. The maximum Gasteiger partial charge on any atom is 0.357 e. The smallest absolute Gasteiger partial charge is 0.357 e. The number of carbonyl (C=O) groups excluding carboxylic acids is 2. The van der Waals surface area contributed by atoms with E-state index in [1.807, 2.05) is 6.92 Å². The molecule has 0 aromatic carbocycles. The van der Waals surface area contributed by atoms with E-state index in [-0.39, 0.29) is 5.91 Å². The number of hydrogen-bond acceptors (Lipinski definition) is 6. The normalized spacial score (nSPS) is 9.94. The summed E-state index contributed by atoms with van der Waals surface area (Å²) in [6, 6.07) is 0. The van der Waals surface area contributed by atoms with E-state index >= 15 is 0 Å². The van der Waals surface area contributed by atoms with Crippen molar-refractivity contribution in [2.24, 2.45) is 0 Å². The minimum absolute atomic E-state index is 0.00790. The number of thiazole rings is 1. The fourth-order valence-corrected chi connectivity index (χ4v) is 2.15. The molecule has 0 fully saturated rings. The third-order valence-electron chi connectivity index (χ3n) is 2.18. The molecular weight excluding hydrogens is 254 g/mol. The monoisotopic (exact) mass is 271 g/mol. The van der Waals surface area contributed by atoms with Crippen molar-refractivity contribution in [3.8, 4) is 0 Å². The van der Waals surface area contributed by atoms with Gasteiger partial charge < -0.3 is 15.4 Å². The lowest BCUT2D eigenvalue weighted by atomic mass is 10.4. The number of methoxy groups -OCH3 is 1. The van der Waals surface area contributed by atoms with Crippen LogP contribution in [0.1, 0.15) is 28.7 Å². The van der Waals surface area contributed by atoms with Crippen LogP contribution in [-0.2, 0) is 9.53 Å². The van der Waals surface area contributed by atoms with Gasteiger partial charge in [-0.05, 0) is 13.8 Å². The first-order chi connectivity index (χ1) is 8.58. The van der Waals surface area contributed by atoms with Gasteiger partial charge in [0.2, 0.25) is 5.91 Å². The lowest BCUT2D eigenvalue weighted by Gasteiger charge is -2.02. The molecule has 0 radical (unpaired) electrons. The number of anilines is 1. The van der Waals surface area contributed by atoms with Crippen molar-refractivity contribution in [2.45, 2.75) is 20.3 Å². The Bertz CT molecular complexity index is 431. The van der Waals surface area contributed by atoms with E-state index in [1.54, 1.807) is 6.92 Å². The molecule has 0 saturated carbocycles. The van der Waals surface area contributed by atoms with Gasteiger partial charge >= 0.3 is 5.97 Å². The summed E-state index contributed by atoms with van der Waals surface area (Å²) in [7, 11) is 1.32. The first-order valence-corrected chi connectivity index (χ1v) is 6.46. The van der Waals surface area contributed by atoms with E-state index < -0.39 is 5.97 Å². The minimum atomic E-state index is -0.444. The molecule has 1 aromatic heterocycles. The molecule has 0 spiro atoms. The van der Waals surface area contributed by atoms with Gasteiger partial charge in [-0.25, -0.2) is 9.78 Å². The summed E-state index contributed by atoms with van der Waals surface area (Å²) in [5.74, 6) is -0.452. The summed E-state index contributed by atoms with van der Waals surface area (Å²) >= 11 is 1.37. The summed E-state index contributed by atoms with van der Waals surface area (Å²) < 4.78 is 4.62. The first-order valence-electron chi connectivity index (χ1n) is 5.64. The summed E-state index contributed by atoms with van der Waals surface area (Å²) in [5.41, 5.74) is 0.322. The van der Waals surface area contributed by atoms with Crippen molar-refractivity contribution >= 4 is 28.3 Å². The Balaban J connectivity index is 2.49. The second-order valence-corrected chi connectivity index (χ2v) is 4.75. The van der Waals surface area contributed by atoms with Gasteiger partial charge in [-0.2, -0.15) is 0 Å². The summed E-state index contributed by atoms with van der Waals surface area (Å²) in [4.78, 5) is 27.5. The van der Waals surface area contributed by atoms with Gasteiger partial charge in [0.15, 0.2) is 10.8 Å². The predicted molar refractivity (Wildman–Crippen MR) is 70.0 cm³/mol. The van der Waals surface area contributed by atoms with Gasteiger partial charge in [0.05, 0.1) is 7.11 Å². The molecule has 0 unspecified atom stereocenters. The zero-order valence-corrected chi connectivity index (χ0v) is 11.5. The summed E-state index contributed by atoms with van der Waals surface area (Å²) in [5, 5.41) is 6.34. The van der Waals surface area contributed by atoms with Gasteiger partial charge in [0.25, 0.3) is 0 Å². The predicted octanol–water partition coefficient (Wildman–Crippen LogP) is 1.18. The van der Waals surface area contributed by atoms with E-state index in [1.165, 1.54) is 18.4 Å². The van der Waals surface area contributed by atoms with Gasteiger partial charge in [0, 0.05) is 24.4 Å². The third-order valence-corrected chi connectivity index (χ3v) is 3.11. The number of aromatic nitrogens is 1. The molecular formula is C11H17N3O3S. The highest BCUT2D eigenvalue weighted by atomic mass is 32.1. The molecule has 0 aliphatic rings. The average molecular weight is 271 g/mol. The molecule has 18 heavy (non-hydrogen) atoms. The number of hydrogen-bond donors (Lipinski definition) is 2. The first kappa shape index (κ1) is 14.4.